The maximum absolute atomic E-state index is 12.4. The Bertz CT molecular complexity index is 988. The van der Waals surface area contributed by atoms with E-state index in [0.717, 1.165) is 27.7 Å². The van der Waals surface area contributed by atoms with E-state index in [1.165, 1.54) is 0 Å². The number of H-pyrrole nitrogens is 1. The van der Waals surface area contributed by atoms with Crippen LogP contribution in [0, 0.1) is 0 Å². The zero-order chi connectivity index (χ0) is 16.4. The van der Waals surface area contributed by atoms with Gasteiger partial charge in [0.1, 0.15) is 0 Å². The normalized spacial score (nSPS) is 10.7. The highest BCUT2D eigenvalue weighted by molar-refractivity contribution is 6.05. The quantitative estimate of drug-likeness (QED) is 0.586. The SMILES string of the molecule is O=C(Nc1ccc2cn[nH]c2c1)c1ccc(-c2ccccc2)cc1. The summed E-state index contributed by atoms with van der Waals surface area (Å²) in [6, 6.07) is 23.4. The van der Waals surface area contributed by atoms with Crippen LogP contribution < -0.4 is 5.32 Å². The second-order valence-electron chi connectivity index (χ2n) is 5.57. The van der Waals surface area contributed by atoms with Gasteiger partial charge in [0.2, 0.25) is 0 Å². The van der Waals surface area contributed by atoms with Gasteiger partial charge in [0, 0.05) is 16.6 Å². The molecular formula is C20H15N3O. The standard InChI is InChI=1S/C20H15N3O/c24-20(22-18-11-10-17-13-21-23-19(17)12-18)16-8-6-15(7-9-16)14-4-2-1-3-5-14/h1-13H,(H,21,23)(H,22,24). The van der Waals surface area contributed by atoms with Crippen LogP contribution in [0.3, 0.4) is 0 Å². The molecular weight excluding hydrogens is 298 g/mol. The van der Waals surface area contributed by atoms with Crippen molar-refractivity contribution in [2.24, 2.45) is 0 Å². The Morgan fingerprint density at radius 2 is 1.62 bits per heavy atom. The Morgan fingerprint density at radius 3 is 2.42 bits per heavy atom. The molecule has 0 spiro atoms. The Balaban J connectivity index is 1.53. The largest absolute Gasteiger partial charge is 0.322 e. The van der Waals surface area contributed by atoms with Gasteiger partial charge in [0.15, 0.2) is 0 Å². The summed E-state index contributed by atoms with van der Waals surface area (Å²) >= 11 is 0. The highest BCUT2D eigenvalue weighted by atomic mass is 16.1. The van der Waals surface area contributed by atoms with E-state index in [1.807, 2.05) is 60.7 Å². The van der Waals surface area contributed by atoms with Crippen LogP contribution in [0.5, 0.6) is 0 Å². The van der Waals surface area contributed by atoms with Gasteiger partial charge < -0.3 is 5.32 Å². The molecule has 1 amide bonds. The maximum Gasteiger partial charge on any atom is 0.255 e. The summed E-state index contributed by atoms with van der Waals surface area (Å²) in [6.07, 6.45) is 1.75. The molecule has 0 radical (unpaired) electrons. The number of nitrogens with zero attached hydrogens (tertiary/aromatic N) is 1. The van der Waals surface area contributed by atoms with Gasteiger partial charge in [0.05, 0.1) is 11.7 Å². The molecule has 0 aliphatic heterocycles. The number of benzene rings is 3. The summed E-state index contributed by atoms with van der Waals surface area (Å²) in [4.78, 5) is 12.4. The van der Waals surface area contributed by atoms with E-state index in [-0.39, 0.29) is 5.91 Å². The summed E-state index contributed by atoms with van der Waals surface area (Å²) in [5.74, 6) is -0.131. The second kappa shape index (κ2) is 6.01. The number of rotatable bonds is 3. The van der Waals surface area contributed by atoms with Crippen molar-refractivity contribution in [3.63, 3.8) is 0 Å². The van der Waals surface area contributed by atoms with Gasteiger partial charge in [-0.25, -0.2) is 0 Å². The number of aromatic nitrogens is 2. The number of aromatic amines is 1. The maximum atomic E-state index is 12.4. The van der Waals surface area contributed by atoms with Crippen LogP contribution in [0.1, 0.15) is 10.4 Å². The molecule has 1 aromatic heterocycles. The Kier molecular flexibility index (Phi) is 3.56. The van der Waals surface area contributed by atoms with E-state index in [0.29, 0.717) is 5.56 Å². The van der Waals surface area contributed by atoms with Gasteiger partial charge in [-0.2, -0.15) is 5.10 Å². The molecule has 0 saturated heterocycles. The Labute approximate surface area is 139 Å². The molecule has 2 N–H and O–H groups in total. The Morgan fingerprint density at radius 1 is 0.875 bits per heavy atom. The minimum atomic E-state index is -0.131. The lowest BCUT2D eigenvalue weighted by molar-refractivity contribution is 0.102. The molecule has 24 heavy (non-hydrogen) atoms. The average molecular weight is 313 g/mol. The van der Waals surface area contributed by atoms with Gasteiger partial charge in [-0.05, 0) is 41.5 Å². The van der Waals surface area contributed by atoms with Crippen molar-refractivity contribution in [3.8, 4) is 11.1 Å². The van der Waals surface area contributed by atoms with Crippen molar-refractivity contribution >= 4 is 22.5 Å². The van der Waals surface area contributed by atoms with Crippen LogP contribution in [-0.2, 0) is 0 Å². The third-order valence-corrected chi connectivity index (χ3v) is 3.95. The zero-order valence-corrected chi connectivity index (χ0v) is 12.9. The molecule has 4 nitrogen and oxygen atoms in total. The van der Waals surface area contributed by atoms with Crippen LogP contribution in [0.2, 0.25) is 0 Å². The van der Waals surface area contributed by atoms with Gasteiger partial charge in [-0.15, -0.1) is 0 Å². The minimum Gasteiger partial charge on any atom is -0.322 e. The van der Waals surface area contributed by atoms with E-state index < -0.39 is 0 Å². The summed E-state index contributed by atoms with van der Waals surface area (Å²) in [6.45, 7) is 0. The van der Waals surface area contributed by atoms with Crippen molar-refractivity contribution in [1.82, 2.24) is 10.2 Å². The number of nitrogens with one attached hydrogen (secondary N) is 2. The molecule has 0 aliphatic rings. The predicted molar refractivity (Wildman–Crippen MR) is 95.9 cm³/mol. The molecule has 1 heterocycles. The Hall–Kier alpha value is -3.40. The molecule has 4 aromatic rings. The first kappa shape index (κ1) is 14.2. The van der Waals surface area contributed by atoms with Crippen molar-refractivity contribution in [2.75, 3.05) is 5.32 Å². The van der Waals surface area contributed by atoms with E-state index in [4.69, 9.17) is 0 Å². The first-order valence-electron chi connectivity index (χ1n) is 7.69. The molecule has 0 saturated carbocycles. The monoisotopic (exact) mass is 313 g/mol. The molecule has 116 valence electrons. The zero-order valence-electron chi connectivity index (χ0n) is 12.9. The van der Waals surface area contributed by atoms with E-state index in [2.05, 4.69) is 27.6 Å². The fourth-order valence-electron chi connectivity index (χ4n) is 2.66. The predicted octanol–water partition coefficient (Wildman–Crippen LogP) is 4.48. The molecule has 4 rings (SSSR count). The van der Waals surface area contributed by atoms with Crippen molar-refractivity contribution in [3.05, 3.63) is 84.6 Å². The minimum absolute atomic E-state index is 0.131. The van der Waals surface area contributed by atoms with Gasteiger partial charge in [-0.1, -0.05) is 42.5 Å². The average Bonchev–Trinajstić information content (AvgIpc) is 3.10. The van der Waals surface area contributed by atoms with E-state index in [9.17, 15) is 4.79 Å². The summed E-state index contributed by atoms with van der Waals surface area (Å²) < 4.78 is 0. The summed E-state index contributed by atoms with van der Waals surface area (Å²) in [5, 5.41) is 10.8. The first-order chi connectivity index (χ1) is 11.8. The fourth-order valence-corrected chi connectivity index (χ4v) is 2.66. The smallest absolute Gasteiger partial charge is 0.255 e. The van der Waals surface area contributed by atoms with Crippen LogP contribution in [-0.4, -0.2) is 16.1 Å². The molecule has 3 aromatic carbocycles. The first-order valence-corrected chi connectivity index (χ1v) is 7.69. The third kappa shape index (κ3) is 2.77. The number of carbonyl (C=O) groups excluding carboxylic acids is 1. The number of carbonyl (C=O) groups is 1. The molecule has 0 atom stereocenters. The molecule has 0 unspecified atom stereocenters. The van der Waals surface area contributed by atoms with Gasteiger partial charge in [0.25, 0.3) is 5.91 Å². The number of amides is 1. The third-order valence-electron chi connectivity index (χ3n) is 3.95. The lowest BCUT2D eigenvalue weighted by atomic mass is 10.0. The van der Waals surface area contributed by atoms with Gasteiger partial charge >= 0.3 is 0 Å². The summed E-state index contributed by atoms with van der Waals surface area (Å²) in [7, 11) is 0. The number of anilines is 1. The highest BCUT2D eigenvalue weighted by Crippen LogP contribution is 2.21. The van der Waals surface area contributed by atoms with Gasteiger partial charge in [-0.3, -0.25) is 9.89 Å². The van der Waals surface area contributed by atoms with Crippen LogP contribution in [0.4, 0.5) is 5.69 Å². The number of hydrogen-bond donors (Lipinski definition) is 2. The van der Waals surface area contributed by atoms with Crippen LogP contribution in [0.25, 0.3) is 22.0 Å². The second-order valence-corrected chi connectivity index (χ2v) is 5.57. The molecule has 0 aliphatic carbocycles. The van der Waals surface area contributed by atoms with Crippen molar-refractivity contribution in [2.45, 2.75) is 0 Å². The number of fused-ring (bicyclic) bond motifs is 1. The van der Waals surface area contributed by atoms with E-state index in [1.54, 1.807) is 6.20 Å². The highest BCUT2D eigenvalue weighted by Gasteiger charge is 2.07. The molecule has 4 heteroatoms. The lowest BCUT2D eigenvalue weighted by Gasteiger charge is -2.07. The fraction of sp³-hybridized carbons (Fsp3) is 0. The van der Waals surface area contributed by atoms with Crippen molar-refractivity contribution < 1.29 is 4.79 Å². The molecule has 0 bridgehead atoms. The van der Waals surface area contributed by atoms with E-state index >= 15 is 0 Å². The lowest BCUT2D eigenvalue weighted by Crippen LogP contribution is -2.11. The van der Waals surface area contributed by atoms with Crippen molar-refractivity contribution in [1.29, 1.82) is 0 Å². The van der Waals surface area contributed by atoms with Crippen LogP contribution >= 0.6 is 0 Å². The molecule has 0 fully saturated rings. The number of hydrogen-bond acceptors (Lipinski definition) is 2. The summed E-state index contributed by atoms with van der Waals surface area (Å²) in [5.41, 5.74) is 4.48. The topological polar surface area (TPSA) is 57.8 Å². The van der Waals surface area contributed by atoms with Crippen LogP contribution in [0.15, 0.2) is 79.0 Å².